The van der Waals surface area contributed by atoms with E-state index in [1.165, 1.54) is 6.26 Å². The Balaban J connectivity index is 2.46. The zero-order valence-corrected chi connectivity index (χ0v) is 10.5. The number of halogens is 1. The molecule has 0 aliphatic heterocycles. The van der Waals surface area contributed by atoms with E-state index < -0.39 is 9.84 Å². The maximum atomic E-state index is 10.9. The molecule has 0 aliphatic carbocycles. The number of nitrogens with two attached hydrogens (primary N) is 1. The van der Waals surface area contributed by atoms with Gasteiger partial charge in [0.15, 0.2) is 5.82 Å². The Bertz CT molecular complexity index is 462. The molecule has 5 nitrogen and oxygen atoms in total. The van der Waals surface area contributed by atoms with E-state index >= 15 is 0 Å². The smallest absolute Gasteiger partial charge is 0.150 e. The van der Waals surface area contributed by atoms with Gasteiger partial charge in [-0.15, -0.1) is 0 Å². The van der Waals surface area contributed by atoms with Gasteiger partial charge in [0.2, 0.25) is 0 Å². The van der Waals surface area contributed by atoms with Gasteiger partial charge in [0, 0.05) is 12.8 Å². The lowest BCUT2D eigenvalue weighted by Crippen LogP contribution is -2.11. The minimum atomic E-state index is -2.91. The van der Waals surface area contributed by atoms with E-state index in [1.54, 1.807) is 12.1 Å². The largest absolute Gasteiger partial charge is 0.396 e. The van der Waals surface area contributed by atoms with E-state index in [0.29, 0.717) is 29.6 Å². The Morgan fingerprint density at radius 2 is 2.19 bits per heavy atom. The number of sulfone groups is 1. The van der Waals surface area contributed by atoms with Crippen molar-refractivity contribution < 1.29 is 8.42 Å². The summed E-state index contributed by atoms with van der Waals surface area (Å²) in [6.45, 7) is 0.491. The number of pyridine rings is 1. The van der Waals surface area contributed by atoms with Gasteiger partial charge in [-0.3, -0.25) is 0 Å². The van der Waals surface area contributed by atoms with E-state index in [4.69, 9.17) is 17.3 Å². The molecular weight excluding hydrogens is 250 g/mol. The fourth-order valence-electron chi connectivity index (χ4n) is 1.13. The van der Waals surface area contributed by atoms with Crippen LogP contribution in [0, 0.1) is 0 Å². The molecule has 0 radical (unpaired) electrons. The van der Waals surface area contributed by atoms with Crippen LogP contribution in [0.5, 0.6) is 0 Å². The van der Waals surface area contributed by atoms with Crippen LogP contribution in [0.1, 0.15) is 6.42 Å². The Morgan fingerprint density at radius 3 is 2.81 bits per heavy atom. The summed E-state index contributed by atoms with van der Waals surface area (Å²) in [5, 5.41) is 3.29. The molecular formula is C9H14ClN3O2S. The van der Waals surface area contributed by atoms with Gasteiger partial charge >= 0.3 is 0 Å². The third-order valence-corrected chi connectivity index (χ3v) is 3.12. The predicted octanol–water partition coefficient (Wildman–Crippen LogP) is 1.16. The average Bonchev–Trinajstić information content (AvgIpc) is 2.16. The van der Waals surface area contributed by atoms with E-state index in [9.17, 15) is 8.42 Å². The van der Waals surface area contributed by atoms with Gasteiger partial charge < -0.3 is 11.1 Å². The lowest BCUT2D eigenvalue weighted by atomic mass is 10.4. The fraction of sp³-hybridized carbons (Fsp3) is 0.444. The molecule has 1 rings (SSSR count). The molecule has 0 spiro atoms. The summed E-state index contributed by atoms with van der Waals surface area (Å²) >= 11 is 5.70. The minimum absolute atomic E-state index is 0.139. The molecule has 3 N–H and O–H groups in total. The average molecular weight is 264 g/mol. The van der Waals surface area contributed by atoms with Gasteiger partial charge in [-0.1, -0.05) is 11.6 Å². The van der Waals surface area contributed by atoms with Crippen molar-refractivity contribution in [3.8, 4) is 0 Å². The summed E-state index contributed by atoms with van der Waals surface area (Å²) in [5.41, 5.74) is 6.15. The normalized spacial score (nSPS) is 11.4. The molecule has 1 aromatic rings. The first-order chi connectivity index (χ1) is 7.38. The molecule has 0 amide bonds. The highest BCUT2D eigenvalue weighted by Crippen LogP contribution is 2.17. The molecule has 0 saturated carbocycles. The first-order valence-corrected chi connectivity index (χ1v) is 7.16. The maximum Gasteiger partial charge on any atom is 0.150 e. The van der Waals surface area contributed by atoms with Crippen LogP contribution in [-0.4, -0.2) is 32.0 Å². The van der Waals surface area contributed by atoms with Gasteiger partial charge in [-0.2, -0.15) is 0 Å². The second kappa shape index (κ2) is 5.36. The number of nitrogens with zero attached hydrogens (tertiary/aromatic N) is 1. The standard InChI is InChI=1S/C9H14ClN3O2S/c1-16(14,15)6-2-5-12-9-7(11)3-4-8(10)13-9/h3-4H,2,5-6,11H2,1H3,(H,12,13). The van der Waals surface area contributed by atoms with E-state index in [1.807, 2.05) is 0 Å². The number of aromatic nitrogens is 1. The van der Waals surface area contributed by atoms with Crippen molar-refractivity contribution in [3.05, 3.63) is 17.3 Å². The molecule has 90 valence electrons. The number of hydrogen-bond donors (Lipinski definition) is 2. The van der Waals surface area contributed by atoms with Crippen molar-refractivity contribution in [1.82, 2.24) is 4.98 Å². The fourth-order valence-corrected chi connectivity index (χ4v) is 1.95. The zero-order chi connectivity index (χ0) is 12.2. The second-order valence-corrected chi connectivity index (χ2v) is 6.13. The Morgan fingerprint density at radius 1 is 1.50 bits per heavy atom. The Labute approximate surface area is 99.9 Å². The number of anilines is 2. The quantitative estimate of drug-likeness (QED) is 0.615. The first kappa shape index (κ1) is 13.1. The Kier molecular flexibility index (Phi) is 4.37. The Hall–Kier alpha value is -1.01. The molecule has 0 fully saturated rings. The maximum absolute atomic E-state index is 10.9. The molecule has 1 aromatic heterocycles. The highest BCUT2D eigenvalue weighted by molar-refractivity contribution is 7.90. The van der Waals surface area contributed by atoms with Crippen LogP contribution in [0.3, 0.4) is 0 Å². The third-order valence-electron chi connectivity index (χ3n) is 1.88. The van der Waals surface area contributed by atoms with Crippen LogP contribution in [-0.2, 0) is 9.84 Å². The van der Waals surface area contributed by atoms with Crippen LogP contribution in [0.4, 0.5) is 11.5 Å². The zero-order valence-electron chi connectivity index (χ0n) is 8.90. The molecule has 0 bridgehead atoms. The van der Waals surface area contributed by atoms with E-state index in [-0.39, 0.29) is 5.75 Å². The highest BCUT2D eigenvalue weighted by atomic mass is 35.5. The van der Waals surface area contributed by atoms with Gasteiger partial charge in [0.05, 0.1) is 11.4 Å². The molecule has 0 aliphatic rings. The highest BCUT2D eigenvalue weighted by Gasteiger charge is 2.03. The molecule has 0 atom stereocenters. The van der Waals surface area contributed by atoms with Crippen LogP contribution in [0.2, 0.25) is 5.15 Å². The second-order valence-electron chi connectivity index (χ2n) is 3.48. The minimum Gasteiger partial charge on any atom is -0.396 e. The molecule has 7 heteroatoms. The third kappa shape index (κ3) is 4.67. The number of hydrogen-bond acceptors (Lipinski definition) is 5. The first-order valence-electron chi connectivity index (χ1n) is 4.72. The summed E-state index contributed by atoms with van der Waals surface area (Å²) < 4.78 is 21.7. The summed E-state index contributed by atoms with van der Waals surface area (Å²) in [6, 6.07) is 3.24. The van der Waals surface area contributed by atoms with Gasteiger partial charge in [0.25, 0.3) is 0 Å². The number of rotatable bonds is 5. The van der Waals surface area contributed by atoms with Gasteiger partial charge in [-0.25, -0.2) is 13.4 Å². The molecule has 0 saturated heterocycles. The summed E-state index contributed by atoms with van der Waals surface area (Å²) in [5.74, 6) is 0.626. The lowest BCUT2D eigenvalue weighted by molar-refractivity contribution is 0.600. The summed E-state index contributed by atoms with van der Waals surface area (Å²) in [7, 11) is -2.91. The van der Waals surface area contributed by atoms with E-state index in [2.05, 4.69) is 10.3 Å². The van der Waals surface area contributed by atoms with Crippen molar-refractivity contribution in [2.45, 2.75) is 6.42 Å². The summed E-state index contributed by atoms with van der Waals surface area (Å²) in [6.07, 6.45) is 1.71. The van der Waals surface area contributed by atoms with Crippen LogP contribution >= 0.6 is 11.6 Å². The predicted molar refractivity (Wildman–Crippen MR) is 66.5 cm³/mol. The van der Waals surface area contributed by atoms with Crippen molar-refractivity contribution in [2.75, 3.05) is 29.6 Å². The molecule has 1 heterocycles. The van der Waals surface area contributed by atoms with Crippen molar-refractivity contribution >= 4 is 32.9 Å². The number of nitrogen functional groups attached to an aromatic ring is 1. The van der Waals surface area contributed by atoms with Gasteiger partial charge in [-0.05, 0) is 18.6 Å². The van der Waals surface area contributed by atoms with Crippen LogP contribution in [0.25, 0.3) is 0 Å². The number of nitrogens with one attached hydrogen (secondary N) is 1. The SMILES string of the molecule is CS(=O)(=O)CCCNc1nc(Cl)ccc1N. The van der Waals surface area contributed by atoms with E-state index in [0.717, 1.165) is 0 Å². The van der Waals surface area contributed by atoms with Crippen LogP contribution in [0.15, 0.2) is 12.1 Å². The van der Waals surface area contributed by atoms with Crippen molar-refractivity contribution in [1.29, 1.82) is 0 Å². The van der Waals surface area contributed by atoms with Crippen LogP contribution < -0.4 is 11.1 Å². The van der Waals surface area contributed by atoms with Crippen molar-refractivity contribution in [2.24, 2.45) is 0 Å². The molecule has 0 aromatic carbocycles. The van der Waals surface area contributed by atoms with Gasteiger partial charge in [0.1, 0.15) is 15.0 Å². The molecule has 16 heavy (non-hydrogen) atoms. The topological polar surface area (TPSA) is 85.1 Å². The monoisotopic (exact) mass is 263 g/mol. The summed E-state index contributed by atoms with van der Waals surface area (Å²) in [4.78, 5) is 3.99. The van der Waals surface area contributed by atoms with Crippen molar-refractivity contribution in [3.63, 3.8) is 0 Å². The molecule has 0 unspecified atom stereocenters. The lowest BCUT2D eigenvalue weighted by Gasteiger charge is -2.07.